The van der Waals surface area contributed by atoms with Crippen molar-refractivity contribution in [1.82, 2.24) is 14.8 Å². The number of rotatable bonds is 3. The Bertz CT molecular complexity index is 837. The molecular formula is C14H10F3N3O2S. The molecule has 0 atom stereocenters. The van der Waals surface area contributed by atoms with E-state index in [4.69, 9.17) is 4.74 Å². The zero-order valence-electron chi connectivity index (χ0n) is 11.8. The summed E-state index contributed by atoms with van der Waals surface area (Å²) in [5, 5.41) is 3.84. The number of halogens is 3. The van der Waals surface area contributed by atoms with Gasteiger partial charge in [0.25, 0.3) is 0 Å². The van der Waals surface area contributed by atoms with Crippen molar-refractivity contribution in [1.29, 1.82) is 0 Å². The predicted molar refractivity (Wildman–Crippen MR) is 76.9 cm³/mol. The van der Waals surface area contributed by atoms with Crippen molar-refractivity contribution in [3.05, 3.63) is 46.7 Å². The predicted octanol–water partition coefficient (Wildman–Crippen LogP) is 3.41. The molecule has 0 N–H and O–H groups in total. The molecule has 1 aromatic carbocycles. The lowest BCUT2D eigenvalue weighted by molar-refractivity contribution is -0.141. The Morgan fingerprint density at radius 1 is 1.35 bits per heavy atom. The van der Waals surface area contributed by atoms with Gasteiger partial charge in [0.15, 0.2) is 5.69 Å². The van der Waals surface area contributed by atoms with Gasteiger partial charge in [-0.05, 0) is 12.1 Å². The van der Waals surface area contributed by atoms with Crippen LogP contribution in [-0.2, 0) is 24.6 Å². The van der Waals surface area contributed by atoms with E-state index in [0.717, 1.165) is 14.9 Å². The van der Waals surface area contributed by atoms with Gasteiger partial charge in [-0.15, -0.1) is 11.3 Å². The van der Waals surface area contributed by atoms with E-state index in [1.165, 1.54) is 18.4 Å². The summed E-state index contributed by atoms with van der Waals surface area (Å²) in [6.07, 6.45) is -4.61. The molecule has 0 bridgehead atoms. The van der Waals surface area contributed by atoms with Gasteiger partial charge in [0.1, 0.15) is 17.3 Å². The zero-order chi connectivity index (χ0) is 16.6. The molecule has 0 saturated carbocycles. The Morgan fingerprint density at radius 3 is 2.74 bits per heavy atom. The number of alkyl halides is 3. The number of aromatic nitrogens is 3. The van der Waals surface area contributed by atoms with Gasteiger partial charge in [-0.3, -0.25) is 4.68 Å². The van der Waals surface area contributed by atoms with E-state index in [1.54, 1.807) is 0 Å². The molecule has 0 radical (unpaired) electrons. The van der Waals surface area contributed by atoms with Crippen LogP contribution in [0.5, 0.6) is 0 Å². The summed E-state index contributed by atoms with van der Waals surface area (Å²) < 4.78 is 44.6. The summed E-state index contributed by atoms with van der Waals surface area (Å²) in [6, 6.07) is 8.08. The van der Waals surface area contributed by atoms with Crippen LogP contribution < -0.4 is 0 Å². The van der Waals surface area contributed by atoms with Gasteiger partial charge >= 0.3 is 12.1 Å². The molecule has 5 nitrogen and oxygen atoms in total. The summed E-state index contributed by atoms with van der Waals surface area (Å²) in [5.74, 6) is -0.880. The molecule has 0 amide bonds. The number of para-hydroxylation sites is 1. The van der Waals surface area contributed by atoms with Gasteiger partial charge < -0.3 is 4.74 Å². The van der Waals surface area contributed by atoms with Crippen molar-refractivity contribution in [2.75, 3.05) is 0 Å². The summed E-state index contributed by atoms with van der Waals surface area (Å²) in [6.45, 7) is -0.106. The van der Waals surface area contributed by atoms with Gasteiger partial charge in [0.05, 0.1) is 10.2 Å². The number of benzene rings is 1. The quantitative estimate of drug-likeness (QED) is 0.685. The molecule has 2 heterocycles. The van der Waals surface area contributed by atoms with E-state index in [2.05, 4.69) is 10.1 Å². The highest BCUT2D eigenvalue weighted by molar-refractivity contribution is 7.18. The van der Waals surface area contributed by atoms with Gasteiger partial charge in [-0.2, -0.15) is 18.3 Å². The van der Waals surface area contributed by atoms with Crippen molar-refractivity contribution in [2.45, 2.75) is 12.8 Å². The van der Waals surface area contributed by atoms with Crippen LogP contribution in [0.3, 0.4) is 0 Å². The third-order valence-corrected chi connectivity index (χ3v) is 4.05. The first kappa shape index (κ1) is 15.5. The molecule has 9 heteroatoms. The third-order valence-electron chi connectivity index (χ3n) is 3.04. The Labute approximate surface area is 132 Å². The number of aryl methyl sites for hydroxylation is 1. The lowest BCUT2D eigenvalue weighted by atomic mass is 10.3. The topological polar surface area (TPSA) is 57.0 Å². The molecule has 0 aliphatic heterocycles. The highest BCUT2D eigenvalue weighted by Gasteiger charge is 2.35. The Balaban J connectivity index is 1.73. The first-order valence-electron chi connectivity index (χ1n) is 6.47. The number of ether oxygens (including phenoxy) is 1. The number of hydrogen-bond donors (Lipinski definition) is 0. The van der Waals surface area contributed by atoms with E-state index < -0.39 is 17.8 Å². The second kappa shape index (κ2) is 5.65. The first-order valence-corrected chi connectivity index (χ1v) is 7.29. The molecule has 0 aliphatic rings. The van der Waals surface area contributed by atoms with Crippen LogP contribution in [-0.4, -0.2) is 20.7 Å². The monoisotopic (exact) mass is 341 g/mol. The fourth-order valence-electron chi connectivity index (χ4n) is 1.98. The summed E-state index contributed by atoms with van der Waals surface area (Å²) in [5.41, 5.74) is -0.617. The highest BCUT2D eigenvalue weighted by atomic mass is 32.1. The maximum atomic E-state index is 12.6. The number of carbonyl (C=O) groups excluding carboxylic acids is 1. The van der Waals surface area contributed by atoms with Crippen LogP contribution in [0.2, 0.25) is 0 Å². The van der Waals surface area contributed by atoms with Crippen molar-refractivity contribution in [3.8, 4) is 0 Å². The maximum absolute atomic E-state index is 12.6. The van der Waals surface area contributed by atoms with Crippen LogP contribution in [0, 0.1) is 0 Å². The molecule has 2 aromatic heterocycles. The normalized spacial score (nSPS) is 11.8. The fraction of sp³-hybridized carbons (Fsp3) is 0.214. The minimum atomic E-state index is -4.61. The smallest absolute Gasteiger partial charge is 0.435 e. The Hall–Kier alpha value is -2.42. The molecule has 0 unspecified atom stereocenters. The molecule has 0 spiro atoms. The molecule has 0 saturated heterocycles. The molecule has 0 fully saturated rings. The number of thiazole rings is 1. The standard InChI is InChI=1S/C14H10F3N3O2S/c1-20-9(6-11(19-20)14(15,16)17)13(21)22-7-12-18-8-4-2-3-5-10(8)23-12/h2-6H,7H2,1H3. The minimum absolute atomic E-state index is 0.106. The van der Waals surface area contributed by atoms with Crippen molar-refractivity contribution in [2.24, 2.45) is 7.05 Å². The van der Waals surface area contributed by atoms with Gasteiger partial charge in [0, 0.05) is 13.1 Å². The largest absolute Gasteiger partial charge is 0.454 e. The first-order chi connectivity index (χ1) is 10.8. The molecule has 3 rings (SSSR count). The number of nitrogens with zero attached hydrogens (tertiary/aromatic N) is 3. The molecule has 120 valence electrons. The minimum Gasteiger partial charge on any atom is -0.454 e. The summed E-state index contributed by atoms with van der Waals surface area (Å²) in [4.78, 5) is 16.2. The Kier molecular flexibility index (Phi) is 3.80. The summed E-state index contributed by atoms with van der Waals surface area (Å²) >= 11 is 1.36. The second-order valence-corrected chi connectivity index (χ2v) is 5.80. The SMILES string of the molecule is Cn1nc(C(F)(F)F)cc1C(=O)OCc1nc2ccccc2s1. The van der Waals surface area contributed by atoms with Gasteiger partial charge in [-0.25, -0.2) is 9.78 Å². The van der Waals surface area contributed by atoms with Crippen LogP contribution in [0.25, 0.3) is 10.2 Å². The molecular weight excluding hydrogens is 331 g/mol. The number of fused-ring (bicyclic) bond motifs is 1. The van der Waals surface area contributed by atoms with E-state index in [9.17, 15) is 18.0 Å². The van der Waals surface area contributed by atoms with Crippen LogP contribution in [0.4, 0.5) is 13.2 Å². The molecule has 3 aromatic rings. The average molecular weight is 341 g/mol. The van der Waals surface area contributed by atoms with Crippen molar-refractivity contribution < 1.29 is 22.7 Å². The lowest BCUT2D eigenvalue weighted by Crippen LogP contribution is -2.10. The lowest BCUT2D eigenvalue weighted by Gasteiger charge is -2.02. The van der Waals surface area contributed by atoms with Gasteiger partial charge in [0.2, 0.25) is 0 Å². The van der Waals surface area contributed by atoms with Crippen LogP contribution in [0.1, 0.15) is 21.2 Å². The van der Waals surface area contributed by atoms with E-state index >= 15 is 0 Å². The Morgan fingerprint density at radius 2 is 2.09 bits per heavy atom. The third kappa shape index (κ3) is 3.19. The second-order valence-electron chi connectivity index (χ2n) is 4.69. The van der Waals surface area contributed by atoms with E-state index in [-0.39, 0.29) is 12.3 Å². The highest BCUT2D eigenvalue weighted by Crippen LogP contribution is 2.28. The van der Waals surface area contributed by atoms with E-state index in [0.29, 0.717) is 11.1 Å². The van der Waals surface area contributed by atoms with Crippen molar-refractivity contribution >= 4 is 27.5 Å². The summed E-state index contributed by atoms with van der Waals surface area (Å²) in [7, 11) is 1.25. The molecule has 23 heavy (non-hydrogen) atoms. The average Bonchev–Trinajstić information content (AvgIpc) is 3.07. The molecule has 0 aliphatic carbocycles. The zero-order valence-corrected chi connectivity index (χ0v) is 12.6. The van der Waals surface area contributed by atoms with Crippen molar-refractivity contribution in [3.63, 3.8) is 0 Å². The van der Waals surface area contributed by atoms with Gasteiger partial charge in [-0.1, -0.05) is 12.1 Å². The van der Waals surface area contributed by atoms with E-state index in [1.807, 2.05) is 24.3 Å². The number of hydrogen-bond acceptors (Lipinski definition) is 5. The van der Waals surface area contributed by atoms with Crippen LogP contribution >= 0.6 is 11.3 Å². The maximum Gasteiger partial charge on any atom is 0.435 e. The fourth-order valence-corrected chi connectivity index (χ4v) is 2.86. The number of esters is 1. The van der Waals surface area contributed by atoms with Crippen LogP contribution in [0.15, 0.2) is 30.3 Å². The number of carbonyl (C=O) groups is 1.